The van der Waals surface area contributed by atoms with Crippen LogP contribution in [0.4, 0.5) is 5.95 Å². The predicted octanol–water partition coefficient (Wildman–Crippen LogP) is 4.14. The number of aromatic nitrogens is 4. The number of aliphatic hydroxyl groups is 1. The Morgan fingerprint density at radius 2 is 1.60 bits per heavy atom. The molecule has 2 aromatic heterocycles. The van der Waals surface area contributed by atoms with Crippen LogP contribution in [0.2, 0.25) is 0 Å². The van der Waals surface area contributed by atoms with Gasteiger partial charge < -0.3 is 39.3 Å². The van der Waals surface area contributed by atoms with Crippen molar-refractivity contribution in [1.82, 2.24) is 19.5 Å². The van der Waals surface area contributed by atoms with Crippen LogP contribution in [-0.4, -0.2) is 88.6 Å². The molecule has 19 heteroatoms. The van der Waals surface area contributed by atoms with Gasteiger partial charge in [-0.25, -0.2) is 14.6 Å². The minimum Gasteiger partial charge on any atom is -0.497 e. The fourth-order valence-electron chi connectivity index (χ4n) is 6.49. The van der Waals surface area contributed by atoms with Crippen molar-refractivity contribution in [3.8, 4) is 11.5 Å². The van der Waals surface area contributed by atoms with Crippen molar-refractivity contribution in [2.45, 2.75) is 50.6 Å². The number of aromatic amines is 1. The lowest BCUT2D eigenvalue weighted by atomic mass is 9.80. The average Bonchev–Trinajstić information content (AvgIpc) is 3.75. The normalized spacial score (nSPS) is 19.6. The molecule has 1 fully saturated rings. The van der Waals surface area contributed by atoms with E-state index in [1.54, 1.807) is 45.4 Å². The van der Waals surface area contributed by atoms with Gasteiger partial charge in [-0.05, 0) is 47.9 Å². The first-order valence-electron chi connectivity index (χ1n) is 18.1. The molecule has 1 aliphatic rings. The van der Waals surface area contributed by atoms with Crippen molar-refractivity contribution in [3.05, 3.63) is 112 Å². The van der Waals surface area contributed by atoms with E-state index in [9.17, 15) is 24.1 Å². The van der Waals surface area contributed by atoms with Gasteiger partial charge in [0.25, 0.3) is 11.3 Å². The van der Waals surface area contributed by atoms with Crippen LogP contribution in [0.15, 0.2) is 90.0 Å². The van der Waals surface area contributed by atoms with Gasteiger partial charge in [0.1, 0.15) is 29.8 Å². The van der Waals surface area contributed by atoms with Gasteiger partial charge >= 0.3 is 20.2 Å². The molecule has 6 rings (SSSR count). The second-order valence-corrected chi connectivity index (χ2v) is 14.1. The Morgan fingerprint density at radius 3 is 2.17 bits per heavy atom. The molecule has 1 aliphatic heterocycles. The number of methoxy groups -OCH3 is 2. The van der Waals surface area contributed by atoms with Gasteiger partial charge in [0.2, 0.25) is 5.95 Å². The van der Waals surface area contributed by atoms with Gasteiger partial charge in [-0.1, -0.05) is 73.0 Å². The highest BCUT2D eigenvalue weighted by Crippen LogP contribution is 2.48. The van der Waals surface area contributed by atoms with E-state index in [4.69, 9.17) is 43.2 Å². The number of hydrogen-bond acceptors (Lipinski definition) is 16. The number of nitrogen functional groups attached to an aromatic ring is 1. The molecule has 0 amide bonds. The fraction of sp³-hybridized carbons (Fsp3) is 0.359. The molecule has 306 valence electrons. The van der Waals surface area contributed by atoms with Gasteiger partial charge in [0.15, 0.2) is 23.5 Å². The first kappa shape index (κ1) is 41.9. The number of carbonyl (C=O) groups is 2. The highest BCUT2D eigenvalue weighted by Gasteiger charge is 2.65. The lowest BCUT2D eigenvalue weighted by Gasteiger charge is -2.37. The molecule has 3 aromatic carbocycles. The summed E-state index contributed by atoms with van der Waals surface area (Å²) in [5.41, 5.74) is 5.41. The maximum absolute atomic E-state index is 13.5. The zero-order valence-electron chi connectivity index (χ0n) is 32.2. The van der Waals surface area contributed by atoms with Crippen LogP contribution in [0.1, 0.15) is 43.7 Å². The minimum atomic E-state index is -3.43. The number of H-pyrrole nitrogens is 1. The van der Waals surface area contributed by atoms with Crippen molar-refractivity contribution in [2.24, 2.45) is 5.92 Å². The number of anilines is 1. The van der Waals surface area contributed by atoms with E-state index in [1.165, 1.54) is 24.7 Å². The summed E-state index contributed by atoms with van der Waals surface area (Å²) in [6.45, 7) is 3.33. The van der Waals surface area contributed by atoms with Gasteiger partial charge in [-0.2, -0.15) is 9.51 Å². The first-order valence-corrected chi connectivity index (χ1v) is 19.2. The van der Waals surface area contributed by atoms with Crippen molar-refractivity contribution in [2.75, 3.05) is 39.8 Å². The number of nitrogens with zero attached hydrogens (tertiary/aromatic N) is 3. The highest BCUT2D eigenvalue weighted by atomic mass is 31.1. The van der Waals surface area contributed by atoms with Crippen molar-refractivity contribution < 1.29 is 56.7 Å². The number of esters is 1. The second-order valence-electron chi connectivity index (χ2n) is 13.3. The van der Waals surface area contributed by atoms with E-state index in [-0.39, 0.29) is 23.7 Å². The lowest BCUT2D eigenvalue weighted by molar-refractivity contribution is -0.235. The molecule has 3 heterocycles. The van der Waals surface area contributed by atoms with E-state index in [0.717, 1.165) is 0 Å². The molecule has 1 saturated heterocycles. The van der Waals surface area contributed by atoms with Crippen molar-refractivity contribution in [3.63, 3.8) is 0 Å². The van der Waals surface area contributed by atoms with Crippen molar-refractivity contribution in [1.29, 1.82) is 0 Å². The number of fused-ring (bicyclic) bond motifs is 1. The predicted molar refractivity (Wildman–Crippen MR) is 206 cm³/mol. The Kier molecular flexibility index (Phi) is 12.9. The van der Waals surface area contributed by atoms with E-state index < -0.39 is 74.7 Å². The van der Waals surface area contributed by atoms with E-state index in [1.807, 2.05) is 54.6 Å². The third kappa shape index (κ3) is 8.43. The summed E-state index contributed by atoms with van der Waals surface area (Å²) in [7, 11) is -0.340. The summed E-state index contributed by atoms with van der Waals surface area (Å²) in [5.74, 6) is -4.36. The monoisotopic (exact) mass is 820 g/mol. The molecule has 0 bridgehead atoms. The van der Waals surface area contributed by atoms with Gasteiger partial charge in [0, 0.05) is 4.57 Å². The van der Waals surface area contributed by atoms with Crippen LogP contribution in [0.5, 0.6) is 11.5 Å². The Hall–Kier alpha value is -5.75. The van der Waals surface area contributed by atoms with Crippen LogP contribution in [0.3, 0.4) is 0 Å². The molecule has 18 nitrogen and oxygen atoms in total. The van der Waals surface area contributed by atoms with Gasteiger partial charge in [-0.3, -0.25) is 14.3 Å². The molecule has 0 saturated carbocycles. The molecule has 1 unspecified atom stereocenters. The zero-order chi connectivity index (χ0) is 41.6. The quantitative estimate of drug-likeness (QED) is 0.0518. The Balaban J connectivity index is 1.51. The van der Waals surface area contributed by atoms with E-state index >= 15 is 0 Å². The molecule has 0 spiro atoms. The number of nitrogens with two attached hydrogens (primary N) is 1. The number of rotatable bonds is 17. The Morgan fingerprint density at radius 1 is 1.00 bits per heavy atom. The number of hydrogen-bond donors (Lipinski definition) is 3. The fourth-order valence-corrected chi connectivity index (χ4v) is 7.34. The minimum absolute atomic E-state index is 0.0114. The largest absolute Gasteiger partial charge is 0.756 e. The number of ether oxygens (including phenoxy) is 6. The standard InChI is InChI=1S/C39H42N5O13P/c1-6-52-30(45)21-53-32-35(44-22-41-31-33(44)42-37(40)43-34(31)46)55-29(39(32,48)57-58(49)56-36(47)23(2)3)20-54-38(24-10-8-7-9-11-24,25-12-16-27(50-4)17-13-25)26-14-18-28(51-5)19-15-26/h7-19,22-23,29,32,35,48H,6,20-21H2,1-5H3,(H2-,40,42,43,46)/p+1/t29-,32+,35-,39-/m1/s1. The molecule has 58 heavy (non-hydrogen) atoms. The van der Waals surface area contributed by atoms with Crippen LogP contribution in [0, 0.1) is 5.92 Å². The van der Waals surface area contributed by atoms with Crippen LogP contribution in [0.25, 0.3) is 11.2 Å². The summed E-state index contributed by atoms with van der Waals surface area (Å²) >= 11 is 0. The topological polar surface area (TPSA) is 235 Å². The maximum Gasteiger partial charge on any atom is 0.756 e. The smallest absolute Gasteiger partial charge is 0.497 e. The van der Waals surface area contributed by atoms with E-state index in [2.05, 4.69) is 15.0 Å². The summed E-state index contributed by atoms with van der Waals surface area (Å²) in [6, 6.07) is 23.5. The third-order valence-electron chi connectivity index (χ3n) is 9.32. The van der Waals surface area contributed by atoms with Gasteiger partial charge in [-0.15, -0.1) is 0 Å². The molecular formula is C39H43N5O13P+. The number of nitrogens with one attached hydrogen (secondary N) is 1. The summed E-state index contributed by atoms with van der Waals surface area (Å²) in [4.78, 5) is 48.8. The van der Waals surface area contributed by atoms with Crippen LogP contribution >= 0.6 is 8.25 Å². The Bertz CT molecular complexity index is 2240. The number of imidazole rings is 1. The molecule has 5 atom stereocenters. The summed E-state index contributed by atoms with van der Waals surface area (Å²) in [6.07, 6.45) is -3.78. The molecule has 5 aromatic rings. The number of benzene rings is 3. The first-order chi connectivity index (χ1) is 27.8. The summed E-state index contributed by atoms with van der Waals surface area (Å²) < 4.78 is 60.9. The Labute approximate surface area is 333 Å². The third-order valence-corrected chi connectivity index (χ3v) is 10.1. The number of carbonyl (C=O) groups excluding carboxylic acids is 2. The average molecular weight is 821 g/mol. The summed E-state index contributed by atoms with van der Waals surface area (Å²) in [5, 5.41) is 12.7. The molecule has 0 radical (unpaired) electrons. The highest BCUT2D eigenvalue weighted by molar-refractivity contribution is 7.34. The lowest BCUT2D eigenvalue weighted by Crippen LogP contribution is -2.53. The second kappa shape index (κ2) is 17.8. The molecular weight excluding hydrogens is 777 g/mol. The zero-order valence-corrected chi connectivity index (χ0v) is 33.1. The maximum atomic E-state index is 13.5. The van der Waals surface area contributed by atoms with Crippen LogP contribution in [-0.2, 0) is 47.8 Å². The van der Waals surface area contributed by atoms with Crippen LogP contribution < -0.4 is 20.8 Å². The van der Waals surface area contributed by atoms with E-state index in [0.29, 0.717) is 28.2 Å². The molecule has 0 aliphatic carbocycles. The van der Waals surface area contributed by atoms with Crippen molar-refractivity contribution >= 4 is 37.3 Å². The SMILES string of the molecule is CCOC(=O)CO[C@H]1[C@H](n2cnc3c(=O)[nH]c(N)nc32)O[C@H](COC(c2ccccc2)(c2ccc(OC)cc2)c2ccc(OC)cc2)[C@@]1(O)O[P+](=O)OC(=O)C(C)C. The molecule has 4 N–H and O–H groups in total. The van der Waals surface area contributed by atoms with Gasteiger partial charge in [0.05, 0.1) is 39.7 Å².